The number of aryl methyl sites for hydroxylation is 3. The van der Waals surface area contributed by atoms with E-state index in [9.17, 15) is 10.1 Å². The van der Waals surface area contributed by atoms with Gasteiger partial charge in [0, 0.05) is 28.7 Å². The molecule has 0 amide bonds. The summed E-state index contributed by atoms with van der Waals surface area (Å²) in [5, 5.41) is 13.6. The second-order valence-electron chi connectivity index (χ2n) is 7.31. The molecule has 3 rings (SSSR count). The maximum Gasteiger partial charge on any atom is 0.289 e. The molecule has 0 radical (unpaired) electrons. The van der Waals surface area contributed by atoms with Crippen LogP contribution in [-0.4, -0.2) is 15.5 Å². The molecular weight excluding hydrogens is 324 g/mol. The first kappa shape index (κ1) is 18.2. The zero-order chi connectivity index (χ0) is 18.8. The van der Waals surface area contributed by atoms with Crippen molar-refractivity contribution >= 4 is 6.21 Å². The highest BCUT2D eigenvalue weighted by atomic mass is 16.1. The lowest BCUT2D eigenvalue weighted by Crippen LogP contribution is -2.22. The van der Waals surface area contributed by atoms with Gasteiger partial charge in [-0.2, -0.15) is 10.4 Å². The van der Waals surface area contributed by atoms with E-state index in [-0.39, 0.29) is 11.1 Å². The third kappa shape index (κ3) is 3.24. The van der Waals surface area contributed by atoms with E-state index in [0.717, 1.165) is 11.3 Å². The van der Waals surface area contributed by atoms with E-state index in [1.54, 1.807) is 13.1 Å². The van der Waals surface area contributed by atoms with Gasteiger partial charge in [-0.15, -0.1) is 0 Å². The molecule has 0 bridgehead atoms. The highest BCUT2D eigenvalue weighted by molar-refractivity contribution is 5.81. The van der Waals surface area contributed by atoms with E-state index in [1.807, 2.05) is 19.1 Å². The average Bonchev–Trinajstić information content (AvgIpc) is 2.89. The SMILES string of the molecule is Cc1cc(C)n(/N=C\c2cc(C)n(C3CCCCC3)c2C)c(=O)c1C#N. The second-order valence-corrected chi connectivity index (χ2v) is 7.31. The Morgan fingerprint density at radius 3 is 2.46 bits per heavy atom. The third-order valence-electron chi connectivity index (χ3n) is 5.45. The Labute approximate surface area is 154 Å². The molecule has 0 unspecified atom stereocenters. The summed E-state index contributed by atoms with van der Waals surface area (Å²) in [7, 11) is 0. The molecule has 0 atom stereocenters. The molecule has 5 nitrogen and oxygen atoms in total. The van der Waals surface area contributed by atoms with Crippen LogP contribution in [0.1, 0.15) is 71.9 Å². The predicted molar refractivity (Wildman–Crippen MR) is 104 cm³/mol. The van der Waals surface area contributed by atoms with Crippen LogP contribution in [0.5, 0.6) is 0 Å². The van der Waals surface area contributed by atoms with Crippen LogP contribution in [0.4, 0.5) is 0 Å². The van der Waals surface area contributed by atoms with Crippen LogP contribution in [0, 0.1) is 39.0 Å². The minimum absolute atomic E-state index is 0.153. The fraction of sp³-hybridized carbons (Fsp3) is 0.476. The summed E-state index contributed by atoms with van der Waals surface area (Å²) >= 11 is 0. The van der Waals surface area contributed by atoms with Crippen molar-refractivity contribution in [3.8, 4) is 6.07 Å². The molecule has 0 aromatic carbocycles. The number of nitriles is 1. The van der Waals surface area contributed by atoms with Crippen molar-refractivity contribution in [2.75, 3.05) is 0 Å². The van der Waals surface area contributed by atoms with Crippen LogP contribution in [-0.2, 0) is 0 Å². The largest absolute Gasteiger partial charge is 0.345 e. The first-order chi connectivity index (χ1) is 12.4. The summed E-state index contributed by atoms with van der Waals surface area (Å²) in [6, 6.07) is 6.51. The first-order valence-corrected chi connectivity index (χ1v) is 9.30. The molecule has 5 heteroatoms. The molecule has 2 heterocycles. The van der Waals surface area contributed by atoms with Crippen molar-refractivity contribution in [1.29, 1.82) is 5.26 Å². The Balaban J connectivity index is 1.98. The highest BCUT2D eigenvalue weighted by Crippen LogP contribution is 2.31. The van der Waals surface area contributed by atoms with Crippen LogP contribution >= 0.6 is 0 Å². The number of nitrogens with zero attached hydrogens (tertiary/aromatic N) is 4. The number of aromatic nitrogens is 2. The zero-order valence-electron chi connectivity index (χ0n) is 16.0. The fourth-order valence-corrected chi connectivity index (χ4v) is 4.12. The summed E-state index contributed by atoms with van der Waals surface area (Å²) in [5.41, 5.74) is 4.67. The molecule has 1 aliphatic carbocycles. The van der Waals surface area contributed by atoms with Crippen molar-refractivity contribution in [3.05, 3.63) is 56.3 Å². The van der Waals surface area contributed by atoms with Crippen molar-refractivity contribution in [1.82, 2.24) is 9.24 Å². The molecule has 0 spiro atoms. The van der Waals surface area contributed by atoms with E-state index in [1.165, 1.54) is 48.2 Å². The molecule has 2 aromatic heterocycles. The molecule has 0 aliphatic heterocycles. The quantitative estimate of drug-likeness (QED) is 0.781. The molecule has 1 saturated carbocycles. The molecule has 0 saturated heterocycles. The Morgan fingerprint density at radius 2 is 1.81 bits per heavy atom. The molecule has 2 aromatic rings. The van der Waals surface area contributed by atoms with Gasteiger partial charge in [-0.1, -0.05) is 19.3 Å². The lowest BCUT2D eigenvalue weighted by atomic mass is 9.95. The maximum atomic E-state index is 12.5. The van der Waals surface area contributed by atoms with E-state index in [4.69, 9.17) is 0 Å². The molecule has 1 fully saturated rings. The van der Waals surface area contributed by atoms with Gasteiger partial charge in [0.05, 0.1) is 6.21 Å². The zero-order valence-corrected chi connectivity index (χ0v) is 16.0. The lowest BCUT2D eigenvalue weighted by molar-refractivity contribution is 0.346. The van der Waals surface area contributed by atoms with Crippen LogP contribution in [0.3, 0.4) is 0 Å². The van der Waals surface area contributed by atoms with Crippen molar-refractivity contribution in [3.63, 3.8) is 0 Å². The van der Waals surface area contributed by atoms with Gasteiger partial charge < -0.3 is 4.57 Å². The fourth-order valence-electron chi connectivity index (χ4n) is 4.12. The van der Waals surface area contributed by atoms with Crippen LogP contribution in [0.2, 0.25) is 0 Å². The third-order valence-corrected chi connectivity index (χ3v) is 5.45. The van der Waals surface area contributed by atoms with E-state index < -0.39 is 0 Å². The second kappa shape index (κ2) is 7.33. The van der Waals surface area contributed by atoms with Gasteiger partial charge >= 0.3 is 0 Å². The van der Waals surface area contributed by atoms with Gasteiger partial charge in [-0.05, 0) is 58.2 Å². The summed E-state index contributed by atoms with van der Waals surface area (Å²) in [6.45, 7) is 7.86. The van der Waals surface area contributed by atoms with Gasteiger partial charge in [-0.25, -0.2) is 4.68 Å². The standard InChI is InChI=1S/C21H26N4O/c1-14-10-16(3)25(21(26)20(14)12-22)23-13-18-11-15(2)24(17(18)4)19-8-6-5-7-9-19/h10-11,13,19H,5-9H2,1-4H3/b23-13-. The minimum atomic E-state index is -0.359. The van der Waals surface area contributed by atoms with Gasteiger partial charge in [0.25, 0.3) is 5.56 Å². The first-order valence-electron chi connectivity index (χ1n) is 9.30. The number of pyridine rings is 1. The molecule has 26 heavy (non-hydrogen) atoms. The summed E-state index contributed by atoms with van der Waals surface area (Å²) in [5.74, 6) is 0. The lowest BCUT2D eigenvalue weighted by Gasteiger charge is -2.26. The van der Waals surface area contributed by atoms with Crippen LogP contribution < -0.4 is 5.56 Å². The summed E-state index contributed by atoms with van der Waals surface area (Å²) < 4.78 is 3.74. The van der Waals surface area contributed by atoms with Gasteiger partial charge in [0.2, 0.25) is 0 Å². The number of hydrogen-bond acceptors (Lipinski definition) is 3. The van der Waals surface area contributed by atoms with Crippen molar-refractivity contribution < 1.29 is 0 Å². The number of rotatable bonds is 3. The van der Waals surface area contributed by atoms with Crippen LogP contribution in [0.15, 0.2) is 22.0 Å². The van der Waals surface area contributed by atoms with Crippen molar-refractivity contribution in [2.45, 2.75) is 65.8 Å². The monoisotopic (exact) mass is 350 g/mol. The number of hydrogen-bond donors (Lipinski definition) is 0. The summed E-state index contributed by atoms with van der Waals surface area (Å²) in [6.07, 6.45) is 8.12. The maximum absolute atomic E-state index is 12.5. The Bertz CT molecular complexity index is 950. The minimum Gasteiger partial charge on any atom is -0.345 e. The Hall–Kier alpha value is -2.61. The highest BCUT2D eigenvalue weighted by Gasteiger charge is 2.19. The van der Waals surface area contributed by atoms with E-state index >= 15 is 0 Å². The molecule has 136 valence electrons. The predicted octanol–water partition coefficient (Wildman–Crippen LogP) is 4.14. The molecular formula is C21H26N4O. The van der Waals surface area contributed by atoms with E-state index in [0.29, 0.717) is 11.6 Å². The van der Waals surface area contributed by atoms with Gasteiger partial charge in [-0.3, -0.25) is 4.79 Å². The van der Waals surface area contributed by atoms with Gasteiger partial charge in [0.1, 0.15) is 11.6 Å². The summed E-state index contributed by atoms with van der Waals surface area (Å²) in [4.78, 5) is 12.5. The van der Waals surface area contributed by atoms with Crippen molar-refractivity contribution in [2.24, 2.45) is 5.10 Å². The molecule has 0 N–H and O–H groups in total. The van der Waals surface area contributed by atoms with Gasteiger partial charge in [0.15, 0.2) is 0 Å². The smallest absolute Gasteiger partial charge is 0.289 e. The Kier molecular flexibility index (Phi) is 5.13. The van der Waals surface area contributed by atoms with Crippen LogP contribution in [0.25, 0.3) is 0 Å². The van der Waals surface area contributed by atoms with E-state index in [2.05, 4.69) is 29.6 Å². The average molecular weight is 350 g/mol. The Morgan fingerprint density at radius 1 is 1.12 bits per heavy atom. The normalized spacial score (nSPS) is 15.5. The molecule has 1 aliphatic rings. The topological polar surface area (TPSA) is 63.1 Å².